The molecule has 0 bridgehead atoms. The smallest absolute Gasteiger partial charge is 0.406 e. The van der Waals surface area contributed by atoms with Gasteiger partial charge in [0.2, 0.25) is 0 Å². The molecule has 190 valence electrons. The number of fused-ring (bicyclic) bond motifs is 1. The van der Waals surface area contributed by atoms with E-state index in [9.17, 15) is 18.0 Å². The predicted molar refractivity (Wildman–Crippen MR) is 136 cm³/mol. The molecule has 1 amide bonds. The van der Waals surface area contributed by atoms with E-state index in [0.717, 1.165) is 43.4 Å². The second kappa shape index (κ2) is 10.6. The zero-order valence-corrected chi connectivity index (χ0v) is 20.0. The Hall–Kier alpha value is -3.91. The van der Waals surface area contributed by atoms with Crippen molar-refractivity contribution >= 4 is 16.8 Å². The zero-order chi connectivity index (χ0) is 25.8. The Balaban J connectivity index is 1.21. The van der Waals surface area contributed by atoms with Gasteiger partial charge in [0, 0.05) is 42.8 Å². The third kappa shape index (κ3) is 6.09. The minimum atomic E-state index is -4.75. The van der Waals surface area contributed by atoms with E-state index in [1.54, 1.807) is 24.3 Å². The molecular formula is C29H26F3N3O2. The number of para-hydroxylation sites is 1. The van der Waals surface area contributed by atoms with Crippen molar-refractivity contribution in [2.45, 2.75) is 31.8 Å². The molecule has 5 nitrogen and oxygen atoms in total. The van der Waals surface area contributed by atoms with E-state index in [-0.39, 0.29) is 17.7 Å². The second-order valence-electron chi connectivity index (χ2n) is 9.13. The van der Waals surface area contributed by atoms with Crippen LogP contribution in [0.4, 0.5) is 13.2 Å². The number of ether oxygens (including phenoxy) is 1. The Kier molecular flexibility index (Phi) is 7.10. The number of carbonyl (C=O) groups excluding carboxylic acids is 1. The monoisotopic (exact) mass is 505 g/mol. The van der Waals surface area contributed by atoms with Crippen molar-refractivity contribution in [1.29, 1.82) is 0 Å². The maximum absolute atomic E-state index is 13.2. The van der Waals surface area contributed by atoms with E-state index >= 15 is 0 Å². The largest absolute Gasteiger partial charge is 0.573 e. The number of pyridine rings is 1. The molecule has 1 saturated heterocycles. The van der Waals surface area contributed by atoms with Gasteiger partial charge in [-0.25, -0.2) is 0 Å². The van der Waals surface area contributed by atoms with E-state index in [1.807, 2.05) is 24.4 Å². The number of halogens is 3. The average molecular weight is 506 g/mol. The zero-order valence-electron chi connectivity index (χ0n) is 20.0. The number of hydrogen-bond acceptors (Lipinski definition) is 4. The summed E-state index contributed by atoms with van der Waals surface area (Å²) in [4.78, 5) is 20.0. The van der Waals surface area contributed by atoms with E-state index in [2.05, 4.69) is 32.1 Å². The van der Waals surface area contributed by atoms with Gasteiger partial charge in [-0.2, -0.15) is 0 Å². The fourth-order valence-corrected chi connectivity index (χ4v) is 4.80. The predicted octanol–water partition coefficient (Wildman–Crippen LogP) is 6.19. The van der Waals surface area contributed by atoms with Gasteiger partial charge in [0.25, 0.3) is 5.91 Å². The Bertz CT molecular complexity index is 1380. The minimum absolute atomic E-state index is 0.0496. The molecule has 0 spiro atoms. The summed E-state index contributed by atoms with van der Waals surface area (Å²) in [5.41, 5.74) is 4.01. The van der Waals surface area contributed by atoms with Crippen molar-refractivity contribution < 1.29 is 22.7 Å². The lowest BCUT2D eigenvalue weighted by Crippen LogP contribution is -2.44. The molecule has 0 atom stereocenters. The molecule has 37 heavy (non-hydrogen) atoms. The Morgan fingerprint density at radius 2 is 1.65 bits per heavy atom. The SMILES string of the molecule is O=C(NC1CCN(Cc2ccnc3ccccc23)CC1)c1ccccc1-c1ccc(OC(F)(F)F)cc1. The Labute approximate surface area is 212 Å². The topological polar surface area (TPSA) is 54.5 Å². The third-order valence-corrected chi connectivity index (χ3v) is 6.63. The number of piperidine rings is 1. The summed E-state index contributed by atoms with van der Waals surface area (Å²) in [5.74, 6) is -0.491. The maximum Gasteiger partial charge on any atom is 0.573 e. The lowest BCUT2D eigenvalue weighted by molar-refractivity contribution is -0.274. The highest BCUT2D eigenvalue weighted by Crippen LogP contribution is 2.29. The number of carbonyl (C=O) groups is 1. The van der Waals surface area contributed by atoms with Crippen LogP contribution in [0.5, 0.6) is 5.75 Å². The lowest BCUT2D eigenvalue weighted by Gasteiger charge is -2.32. The molecule has 5 rings (SSSR count). The summed E-state index contributed by atoms with van der Waals surface area (Å²) in [5, 5.41) is 4.31. The van der Waals surface area contributed by atoms with Gasteiger partial charge in [0.1, 0.15) is 5.75 Å². The molecule has 4 aromatic rings. The third-order valence-electron chi connectivity index (χ3n) is 6.63. The van der Waals surface area contributed by atoms with Crippen molar-refractivity contribution in [2.75, 3.05) is 13.1 Å². The molecule has 0 unspecified atom stereocenters. The Morgan fingerprint density at radius 1 is 0.946 bits per heavy atom. The number of nitrogens with zero attached hydrogens (tertiary/aromatic N) is 2. The first-order chi connectivity index (χ1) is 17.9. The van der Waals surface area contributed by atoms with E-state index in [4.69, 9.17) is 0 Å². The number of aromatic nitrogens is 1. The number of alkyl halides is 3. The number of likely N-dealkylation sites (tertiary alicyclic amines) is 1. The van der Waals surface area contributed by atoms with Gasteiger partial charge in [-0.15, -0.1) is 13.2 Å². The van der Waals surface area contributed by atoms with Crippen molar-refractivity contribution in [1.82, 2.24) is 15.2 Å². The summed E-state index contributed by atoms with van der Waals surface area (Å²) < 4.78 is 41.4. The number of rotatable bonds is 6. The fourth-order valence-electron chi connectivity index (χ4n) is 4.80. The molecule has 0 radical (unpaired) electrons. The highest BCUT2D eigenvalue weighted by molar-refractivity contribution is 6.01. The molecule has 1 N–H and O–H groups in total. The molecule has 2 heterocycles. The highest BCUT2D eigenvalue weighted by atomic mass is 19.4. The summed E-state index contributed by atoms with van der Waals surface area (Å²) in [7, 11) is 0. The standard InChI is InChI=1S/C29H26F3N3O2/c30-29(31,32)37-23-11-9-20(10-12-23)24-5-1-2-7-26(24)28(36)34-22-14-17-35(18-15-22)19-21-13-16-33-27-8-4-3-6-25(21)27/h1-13,16,22H,14-15,17-19H2,(H,34,36). The Morgan fingerprint density at radius 3 is 2.41 bits per heavy atom. The average Bonchev–Trinajstić information content (AvgIpc) is 2.89. The van der Waals surface area contributed by atoms with Gasteiger partial charge < -0.3 is 10.1 Å². The van der Waals surface area contributed by atoms with Gasteiger partial charge >= 0.3 is 6.36 Å². The van der Waals surface area contributed by atoms with Crippen LogP contribution in [0.25, 0.3) is 22.0 Å². The second-order valence-corrected chi connectivity index (χ2v) is 9.13. The molecule has 8 heteroatoms. The van der Waals surface area contributed by atoms with Crippen LogP contribution in [0.15, 0.2) is 85.1 Å². The molecule has 1 aromatic heterocycles. The van der Waals surface area contributed by atoms with Crippen LogP contribution in [-0.4, -0.2) is 41.3 Å². The molecule has 1 aliphatic rings. The van der Waals surface area contributed by atoms with Crippen molar-refractivity contribution in [3.63, 3.8) is 0 Å². The van der Waals surface area contributed by atoms with Gasteiger partial charge in [-0.05, 0) is 59.9 Å². The summed E-state index contributed by atoms with van der Waals surface area (Å²) in [6.07, 6.45) is -1.24. The first kappa shape index (κ1) is 24.8. The van der Waals surface area contributed by atoms with E-state index < -0.39 is 6.36 Å². The molecule has 1 fully saturated rings. The van der Waals surface area contributed by atoms with Crippen LogP contribution in [-0.2, 0) is 6.54 Å². The summed E-state index contributed by atoms with van der Waals surface area (Å²) in [6.45, 7) is 2.56. The molecule has 0 aliphatic carbocycles. The van der Waals surface area contributed by atoms with Crippen LogP contribution in [0.2, 0.25) is 0 Å². The van der Waals surface area contributed by atoms with Crippen LogP contribution in [0.3, 0.4) is 0 Å². The van der Waals surface area contributed by atoms with Crippen LogP contribution in [0.1, 0.15) is 28.8 Å². The van der Waals surface area contributed by atoms with Crippen molar-refractivity contribution in [3.05, 3.63) is 96.2 Å². The first-order valence-electron chi connectivity index (χ1n) is 12.2. The fraction of sp³-hybridized carbons (Fsp3) is 0.241. The molecule has 3 aromatic carbocycles. The summed E-state index contributed by atoms with van der Waals surface area (Å²) in [6, 6.07) is 22.9. The number of benzene rings is 3. The number of amides is 1. The summed E-state index contributed by atoms with van der Waals surface area (Å²) >= 11 is 0. The number of hydrogen-bond donors (Lipinski definition) is 1. The van der Waals surface area contributed by atoms with Crippen LogP contribution < -0.4 is 10.1 Å². The van der Waals surface area contributed by atoms with E-state index in [0.29, 0.717) is 16.7 Å². The quantitative estimate of drug-likeness (QED) is 0.339. The molecular weight excluding hydrogens is 479 g/mol. The van der Waals surface area contributed by atoms with Gasteiger partial charge in [0.15, 0.2) is 0 Å². The molecule has 0 saturated carbocycles. The first-order valence-corrected chi connectivity index (χ1v) is 12.2. The highest BCUT2D eigenvalue weighted by Gasteiger charge is 2.31. The van der Waals surface area contributed by atoms with Gasteiger partial charge in [-0.1, -0.05) is 48.5 Å². The van der Waals surface area contributed by atoms with Gasteiger partial charge in [-0.3, -0.25) is 14.7 Å². The normalized spacial score (nSPS) is 15.0. The van der Waals surface area contributed by atoms with Crippen LogP contribution >= 0.6 is 0 Å². The molecule has 1 aliphatic heterocycles. The van der Waals surface area contributed by atoms with Crippen LogP contribution in [0, 0.1) is 0 Å². The minimum Gasteiger partial charge on any atom is -0.406 e. The van der Waals surface area contributed by atoms with Crippen molar-refractivity contribution in [3.8, 4) is 16.9 Å². The van der Waals surface area contributed by atoms with E-state index in [1.165, 1.54) is 29.8 Å². The van der Waals surface area contributed by atoms with Crippen molar-refractivity contribution in [2.24, 2.45) is 0 Å². The lowest BCUT2D eigenvalue weighted by atomic mass is 9.98. The number of nitrogens with one attached hydrogen (secondary N) is 1. The van der Waals surface area contributed by atoms with Gasteiger partial charge in [0.05, 0.1) is 5.52 Å². The maximum atomic E-state index is 13.2.